The number of carbonyl (C=O) groups excluding carboxylic acids is 2. The van der Waals surface area contributed by atoms with Crippen molar-refractivity contribution in [3.63, 3.8) is 0 Å². The number of hydrogen-bond donors (Lipinski definition) is 2. The molecule has 0 saturated heterocycles. The first-order valence-electron chi connectivity index (χ1n) is 6.94. The monoisotopic (exact) mass is 328 g/mol. The number of nitrogens with two attached hydrogens (primary N) is 1. The Morgan fingerprint density at radius 3 is 2.50 bits per heavy atom. The highest BCUT2D eigenvalue weighted by Crippen LogP contribution is 2.25. The number of nitrogens with one attached hydrogen (secondary N) is 1. The summed E-state index contributed by atoms with van der Waals surface area (Å²) in [6.07, 6.45) is 2.48. The summed E-state index contributed by atoms with van der Waals surface area (Å²) in [5.74, 6) is 0.104. The molecule has 2 rings (SSSR count). The lowest BCUT2D eigenvalue weighted by atomic mass is 10.1. The normalized spacial score (nSPS) is 19.9. The Balaban J connectivity index is 0.00000242. The second kappa shape index (κ2) is 8.60. The van der Waals surface area contributed by atoms with E-state index < -0.39 is 5.97 Å². The average Bonchev–Trinajstić information content (AvgIpc) is 2.93. The molecule has 1 aliphatic carbocycles. The number of ether oxygens (including phenoxy) is 2. The Morgan fingerprint density at radius 1 is 1.27 bits per heavy atom. The molecule has 122 valence electrons. The molecule has 2 atom stereocenters. The minimum Gasteiger partial charge on any atom is -0.482 e. The fraction of sp³-hybridized carbons (Fsp3) is 0.467. The number of hydrogen-bond acceptors (Lipinski definition) is 5. The minimum atomic E-state index is -0.440. The smallest absolute Gasteiger partial charge is 0.343 e. The molecule has 22 heavy (non-hydrogen) atoms. The van der Waals surface area contributed by atoms with Gasteiger partial charge in [0.25, 0.3) is 0 Å². The molecule has 2 unspecified atom stereocenters. The van der Waals surface area contributed by atoms with Crippen molar-refractivity contribution in [3.8, 4) is 5.75 Å². The van der Waals surface area contributed by atoms with Gasteiger partial charge in [0, 0.05) is 17.6 Å². The van der Waals surface area contributed by atoms with E-state index in [-0.39, 0.29) is 36.9 Å². The standard InChI is InChI=1S/C15H20N2O4.ClH/c1-20-14(18)9-21-13-6-4-12(5-7-13)17-15(19)10-2-3-11(16)8-10;/h4-7,10-11H,2-3,8-9,16H2,1H3,(H,17,19);1H. The molecule has 1 aliphatic rings. The molecule has 1 fully saturated rings. The van der Waals surface area contributed by atoms with Crippen molar-refractivity contribution in [2.24, 2.45) is 11.7 Å². The number of benzene rings is 1. The highest BCUT2D eigenvalue weighted by molar-refractivity contribution is 5.92. The zero-order valence-electron chi connectivity index (χ0n) is 12.4. The van der Waals surface area contributed by atoms with Crippen molar-refractivity contribution in [2.75, 3.05) is 19.0 Å². The van der Waals surface area contributed by atoms with Crippen molar-refractivity contribution >= 4 is 30.0 Å². The Kier molecular flexibility index (Phi) is 7.14. The molecule has 0 spiro atoms. The van der Waals surface area contributed by atoms with Gasteiger partial charge < -0.3 is 20.5 Å². The first-order valence-corrected chi connectivity index (χ1v) is 6.94. The second-order valence-electron chi connectivity index (χ2n) is 5.15. The van der Waals surface area contributed by atoms with Crippen molar-refractivity contribution in [2.45, 2.75) is 25.3 Å². The minimum absolute atomic E-state index is 0. The van der Waals surface area contributed by atoms with E-state index in [0.717, 1.165) is 19.3 Å². The molecule has 0 bridgehead atoms. The third kappa shape index (κ3) is 5.20. The lowest BCUT2D eigenvalue weighted by molar-refractivity contribution is -0.142. The van der Waals surface area contributed by atoms with Crippen LogP contribution in [0.3, 0.4) is 0 Å². The van der Waals surface area contributed by atoms with Gasteiger partial charge in [-0.1, -0.05) is 0 Å². The summed E-state index contributed by atoms with van der Waals surface area (Å²) in [5, 5.41) is 2.87. The van der Waals surface area contributed by atoms with E-state index in [4.69, 9.17) is 10.5 Å². The zero-order valence-corrected chi connectivity index (χ0v) is 13.2. The Morgan fingerprint density at radius 2 is 1.95 bits per heavy atom. The van der Waals surface area contributed by atoms with Crippen molar-refractivity contribution in [1.82, 2.24) is 0 Å². The first kappa shape index (κ1) is 18.3. The van der Waals surface area contributed by atoms with Gasteiger partial charge in [0.05, 0.1) is 7.11 Å². The summed E-state index contributed by atoms with van der Waals surface area (Å²) in [4.78, 5) is 23.0. The summed E-state index contributed by atoms with van der Waals surface area (Å²) in [6, 6.07) is 6.99. The van der Waals surface area contributed by atoms with Crippen LogP contribution in [0.2, 0.25) is 0 Å². The molecule has 1 aromatic carbocycles. The van der Waals surface area contributed by atoms with Gasteiger partial charge in [-0.2, -0.15) is 0 Å². The molecule has 0 heterocycles. The molecule has 6 nitrogen and oxygen atoms in total. The molecule has 0 aliphatic heterocycles. The Bertz CT molecular complexity index is 507. The number of esters is 1. The highest BCUT2D eigenvalue weighted by atomic mass is 35.5. The van der Waals surface area contributed by atoms with Gasteiger partial charge in [-0.15, -0.1) is 12.4 Å². The predicted octanol–water partition coefficient (Wildman–Crippen LogP) is 1.73. The molecule has 3 N–H and O–H groups in total. The Hall–Kier alpha value is -1.79. The second-order valence-corrected chi connectivity index (χ2v) is 5.15. The molecule has 1 amide bonds. The van der Waals surface area contributed by atoms with Crippen molar-refractivity contribution in [1.29, 1.82) is 0 Å². The van der Waals surface area contributed by atoms with Crippen LogP contribution in [0, 0.1) is 5.92 Å². The van der Waals surface area contributed by atoms with E-state index in [0.29, 0.717) is 11.4 Å². The zero-order chi connectivity index (χ0) is 15.2. The van der Waals surface area contributed by atoms with E-state index in [1.807, 2.05) is 0 Å². The number of amides is 1. The Labute approximate surface area is 135 Å². The number of rotatable bonds is 5. The third-order valence-corrected chi connectivity index (χ3v) is 3.55. The molecule has 1 saturated carbocycles. The van der Waals surface area contributed by atoms with E-state index in [2.05, 4.69) is 10.1 Å². The van der Waals surface area contributed by atoms with Crippen molar-refractivity contribution in [3.05, 3.63) is 24.3 Å². The number of methoxy groups -OCH3 is 1. The van der Waals surface area contributed by atoms with E-state index in [1.54, 1.807) is 24.3 Å². The lowest BCUT2D eigenvalue weighted by Gasteiger charge is -2.11. The van der Waals surface area contributed by atoms with Crippen LogP contribution in [-0.4, -0.2) is 31.6 Å². The molecular formula is C15H21ClN2O4. The van der Waals surface area contributed by atoms with Gasteiger partial charge in [0.15, 0.2) is 6.61 Å². The van der Waals surface area contributed by atoms with E-state index in [1.165, 1.54) is 7.11 Å². The van der Waals surface area contributed by atoms with Gasteiger partial charge in [-0.25, -0.2) is 4.79 Å². The number of halogens is 1. The molecular weight excluding hydrogens is 308 g/mol. The topological polar surface area (TPSA) is 90.6 Å². The van der Waals surface area contributed by atoms with Crippen LogP contribution in [0.4, 0.5) is 5.69 Å². The summed E-state index contributed by atoms with van der Waals surface area (Å²) in [7, 11) is 1.30. The van der Waals surface area contributed by atoms with Gasteiger partial charge >= 0.3 is 5.97 Å². The van der Waals surface area contributed by atoms with Gasteiger partial charge in [0.1, 0.15) is 5.75 Å². The van der Waals surface area contributed by atoms with E-state index >= 15 is 0 Å². The molecule has 0 radical (unpaired) electrons. The van der Waals surface area contributed by atoms with Crippen LogP contribution >= 0.6 is 12.4 Å². The SMILES string of the molecule is COC(=O)COc1ccc(NC(=O)C2CCC(N)C2)cc1.Cl. The fourth-order valence-corrected chi connectivity index (χ4v) is 2.33. The number of carbonyl (C=O) groups is 2. The van der Waals surface area contributed by atoms with Crippen molar-refractivity contribution < 1.29 is 19.1 Å². The quantitative estimate of drug-likeness (QED) is 0.803. The predicted molar refractivity (Wildman–Crippen MR) is 85.1 cm³/mol. The maximum Gasteiger partial charge on any atom is 0.343 e. The van der Waals surface area contributed by atoms with E-state index in [9.17, 15) is 9.59 Å². The van der Waals surface area contributed by atoms with Crippen LogP contribution in [0.15, 0.2) is 24.3 Å². The van der Waals surface area contributed by atoms with Crippen LogP contribution in [-0.2, 0) is 14.3 Å². The molecule has 1 aromatic rings. The molecule has 0 aromatic heterocycles. The first-order chi connectivity index (χ1) is 10.1. The highest BCUT2D eigenvalue weighted by Gasteiger charge is 2.27. The summed E-state index contributed by atoms with van der Waals surface area (Å²) in [6.45, 7) is -0.137. The van der Waals surface area contributed by atoms with Gasteiger partial charge in [-0.05, 0) is 43.5 Å². The summed E-state index contributed by atoms with van der Waals surface area (Å²) in [5.41, 5.74) is 6.51. The largest absolute Gasteiger partial charge is 0.482 e. The summed E-state index contributed by atoms with van der Waals surface area (Å²) < 4.78 is 9.71. The fourth-order valence-electron chi connectivity index (χ4n) is 2.33. The van der Waals surface area contributed by atoms with Gasteiger partial charge in [0.2, 0.25) is 5.91 Å². The van der Waals surface area contributed by atoms with Crippen LogP contribution in [0.25, 0.3) is 0 Å². The van der Waals surface area contributed by atoms with Gasteiger partial charge in [-0.3, -0.25) is 4.79 Å². The maximum absolute atomic E-state index is 12.0. The third-order valence-electron chi connectivity index (χ3n) is 3.55. The number of anilines is 1. The average molecular weight is 329 g/mol. The van der Waals surface area contributed by atoms with Crippen LogP contribution in [0.5, 0.6) is 5.75 Å². The maximum atomic E-state index is 12.0. The summed E-state index contributed by atoms with van der Waals surface area (Å²) >= 11 is 0. The van der Waals surface area contributed by atoms with Crippen LogP contribution in [0.1, 0.15) is 19.3 Å². The molecule has 7 heteroatoms. The van der Waals surface area contributed by atoms with Crippen LogP contribution < -0.4 is 15.8 Å². The lowest BCUT2D eigenvalue weighted by Crippen LogP contribution is -2.23.